The maximum absolute atomic E-state index is 14.0. The Labute approximate surface area is 149 Å². The van der Waals surface area contributed by atoms with Gasteiger partial charge in [-0.25, -0.2) is 4.39 Å². The van der Waals surface area contributed by atoms with Crippen molar-refractivity contribution in [3.63, 3.8) is 0 Å². The molecule has 1 aromatic rings. The second-order valence-electron chi connectivity index (χ2n) is 7.70. The highest BCUT2D eigenvalue weighted by atomic mass is 19.1. The SMILES string of the molecule is CN=C(N)c1cc(C(=O)N2CCC(C)(F)CC2)c(C)cc1C1CCC1. The topological polar surface area (TPSA) is 58.7 Å². The number of hydrogen-bond acceptors (Lipinski definition) is 2. The van der Waals surface area contributed by atoms with Crippen molar-refractivity contribution in [2.45, 2.75) is 57.5 Å². The van der Waals surface area contributed by atoms with Gasteiger partial charge in [-0.3, -0.25) is 9.79 Å². The fourth-order valence-electron chi connectivity index (χ4n) is 3.71. The fourth-order valence-corrected chi connectivity index (χ4v) is 3.71. The molecule has 2 fully saturated rings. The number of hydrogen-bond donors (Lipinski definition) is 1. The van der Waals surface area contributed by atoms with Gasteiger partial charge in [0.15, 0.2) is 0 Å². The van der Waals surface area contributed by atoms with Gasteiger partial charge < -0.3 is 10.6 Å². The van der Waals surface area contributed by atoms with Crippen molar-refractivity contribution < 1.29 is 9.18 Å². The largest absolute Gasteiger partial charge is 0.384 e. The van der Waals surface area contributed by atoms with Crippen molar-refractivity contribution in [3.8, 4) is 0 Å². The van der Waals surface area contributed by atoms with Crippen molar-refractivity contribution >= 4 is 11.7 Å². The minimum Gasteiger partial charge on any atom is -0.384 e. The van der Waals surface area contributed by atoms with E-state index in [1.165, 1.54) is 12.0 Å². The number of piperidine rings is 1. The van der Waals surface area contributed by atoms with E-state index in [1.807, 2.05) is 13.0 Å². The third-order valence-electron chi connectivity index (χ3n) is 5.78. The van der Waals surface area contributed by atoms with Crippen LogP contribution >= 0.6 is 0 Å². The standard InChI is InChI=1S/C20H28FN3O/c1-13-11-16(14-5-4-6-14)17(18(22)23-3)12-15(13)19(25)24-9-7-20(2,21)8-10-24/h11-12,14H,4-10H2,1-3H3,(H2,22,23). The number of nitrogens with two attached hydrogens (primary N) is 1. The summed E-state index contributed by atoms with van der Waals surface area (Å²) < 4.78 is 14.0. The molecular weight excluding hydrogens is 317 g/mol. The molecule has 4 nitrogen and oxygen atoms in total. The van der Waals surface area contributed by atoms with Gasteiger partial charge in [-0.05, 0) is 62.6 Å². The zero-order valence-corrected chi connectivity index (χ0v) is 15.4. The molecule has 136 valence electrons. The predicted octanol–water partition coefficient (Wildman–Crippen LogP) is 3.56. The lowest BCUT2D eigenvalue weighted by atomic mass is 9.77. The lowest BCUT2D eigenvalue weighted by Gasteiger charge is -2.35. The molecule has 5 heteroatoms. The van der Waals surface area contributed by atoms with E-state index in [0.29, 0.717) is 43.2 Å². The number of aliphatic imine (C=N–C) groups is 1. The number of benzene rings is 1. The van der Waals surface area contributed by atoms with Gasteiger partial charge in [0, 0.05) is 31.3 Å². The molecule has 0 radical (unpaired) electrons. The molecule has 0 atom stereocenters. The summed E-state index contributed by atoms with van der Waals surface area (Å²) in [5, 5.41) is 0. The summed E-state index contributed by atoms with van der Waals surface area (Å²) in [5.41, 5.74) is 8.67. The normalized spacial score (nSPS) is 21.1. The van der Waals surface area contributed by atoms with E-state index < -0.39 is 5.67 Å². The van der Waals surface area contributed by atoms with Gasteiger partial charge in [-0.1, -0.05) is 12.5 Å². The molecule has 1 amide bonds. The Kier molecular flexibility index (Phi) is 4.85. The average molecular weight is 345 g/mol. The van der Waals surface area contributed by atoms with Gasteiger partial charge in [0.2, 0.25) is 0 Å². The van der Waals surface area contributed by atoms with Gasteiger partial charge in [-0.2, -0.15) is 0 Å². The Hall–Kier alpha value is -1.91. The number of alkyl halides is 1. The zero-order chi connectivity index (χ0) is 18.2. The van der Waals surface area contributed by atoms with E-state index in [-0.39, 0.29) is 5.91 Å². The Bertz CT molecular complexity index is 697. The van der Waals surface area contributed by atoms with Gasteiger partial charge in [-0.15, -0.1) is 0 Å². The molecule has 0 spiro atoms. The van der Waals surface area contributed by atoms with Crippen molar-refractivity contribution in [1.82, 2.24) is 4.90 Å². The summed E-state index contributed by atoms with van der Waals surface area (Å²) in [6, 6.07) is 4.00. The van der Waals surface area contributed by atoms with Crippen molar-refractivity contribution in [2.24, 2.45) is 10.7 Å². The molecule has 1 aromatic carbocycles. The number of likely N-dealkylation sites (tertiary alicyclic amines) is 1. The molecule has 2 N–H and O–H groups in total. The fraction of sp³-hybridized carbons (Fsp3) is 0.600. The van der Waals surface area contributed by atoms with Gasteiger partial charge in [0.1, 0.15) is 11.5 Å². The number of amidine groups is 1. The van der Waals surface area contributed by atoms with Gasteiger partial charge in [0.05, 0.1) is 0 Å². The van der Waals surface area contributed by atoms with Crippen LogP contribution in [0, 0.1) is 6.92 Å². The first-order valence-electron chi connectivity index (χ1n) is 9.18. The van der Waals surface area contributed by atoms with Crippen LogP contribution in [0.2, 0.25) is 0 Å². The molecule has 1 aliphatic carbocycles. The predicted molar refractivity (Wildman–Crippen MR) is 99.1 cm³/mol. The molecule has 1 saturated carbocycles. The van der Waals surface area contributed by atoms with Crippen molar-refractivity contribution in [1.29, 1.82) is 0 Å². The third kappa shape index (κ3) is 3.55. The highest BCUT2D eigenvalue weighted by Crippen LogP contribution is 2.39. The number of carbonyl (C=O) groups excluding carboxylic acids is 1. The number of nitrogens with zero attached hydrogens (tertiary/aromatic N) is 2. The average Bonchev–Trinajstić information content (AvgIpc) is 2.52. The van der Waals surface area contributed by atoms with E-state index in [0.717, 1.165) is 24.0 Å². The summed E-state index contributed by atoms with van der Waals surface area (Å²) in [7, 11) is 1.67. The van der Waals surface area contributed by atoms with Crippen LogP contribution in [0.5, 0.6) is 0 Å². The zero-order valence-electron chi connectivity index (χ0n) is 15.4. The first-order chi connectivity index (χ1) is 11.8. The molecule has 2 aliphatic rings. The van der Waals surface area contributed by atoms with Crippen LogP contribution in [0.1, 0.15) is 72.0 Å². The number of amides is 1. The summed E-state index contributed by atoms with van der Waals surface area (Å²) in [6.07, 6.45) is 4.35. The van der Waals surface area contributed by atoms with Crippen LogP contribution in [0.4, 0.5) is 4.39 Å². The lowest BCUT2D eigenvalue weighted by molar-refractivity contribution is 0.0503. The first kappa shape index (κ1) is 17.9. The molecule has 3 rings (SSSR count). The molecule has 0 unspecified atom stereocenters. The number of carbonyl (C=O) groups is 1. The Morgan fingerprint density at radius 3 is 2.44 bits per heavy atom. The summed E-state index contributed by atoms with van der Waals surface area (Å²) in [6.45, 7) is 4.51. The smallest absolute Gasteiger partial charge is 0.254 e. The molecule has 25 heavy (non-hydrogen) atoms. The summed E-state index contributed by atoms with van der Waals surface area (Å²) in [4.78, 5) is 18.9. The van der Waals surface area contributed by atoms with Crippen LogP contribution in [0.15, 0.2) is 17.1 Å². The van der Waals surface area contributed by atoms with Crippen LogP contribution < -0.4 is 5.73 Å². The minimum absolute atomic E-state index is 0.0293. The molecular formula is C20H28FN3O. The maximum atomic E-state index is 14.0. The third-order valence-corrected chi connectivity index (χ3v) is 5.78. The lowest BCUT2D eigenvalue weighted by Crippen LogP contribution is -2.43. The van der Waals surface area contributed by atoms with Gasteiger partial charge in [0.25, 0.3) is 5.91 Å². The second-order valence-corrected chi connectivity index (χ2v) is 7.70. The van der Waals surface area contributed by atoms with Crippen LogP contribution in [0.25, 0.3) is 0 Å². The Balaban J connectivity index is 1.92. The molecule has 0 aromatic heterocycles. The minimum atomic E-state index is -1.16. The van der Waals surface area contributed by atoms with Crippen LogP contribution in [-0.2, 0) is 0 Å². The molecule has 1 aliphatic heterocycles. The monoisotopic (exact) mass is 345 g/mol. The highest BCUT2D eigenvalue weighted by molar-refractivity contribution is 6.03. The highest BCUT2D eigenvalue weighted by Gasteiger charge is 2.33. The molecule has 0 bridgehead atoms. The number of rotatable bonds is 3. The van der Waals surface area contributed by atoms with Crippen molar-refractivity contribution in [2.75, 3.05) is 20.1 Å². The Morgan fingerprint density at radius 2 is 1.92 bits per heavy atom. The number of aryl methyl sites for hydroxylation is 1. The second kappa shape index (κ2) is 6.77. The maximum Gasteiger partial charge on any atom is 0.254 e. The van der Waals surface area contributed by atoms with E-state index in [1.54, 1.807) is 18.9 Å². The Morgan fingerprint density at radius 1 is 1.28 bits per heavy atom. The molecule has 1 saturated heterocycles. The van der Waals surface area contributed by atoms with E-state index in [9.17, 15) is 9.18 Å². The van der Waals surface area contributed by atoms with E-state index in [4.69, 9.17) is 5.73 Å². The van der Waals surface area contributed by atoms with Crippen molar-refractivity contribution in [3.05, 3.63) is 34.4 Å². The van der Waals surface area contributed by atoms with E-state index in [2.05, 4.69) is 11.1 Å². The van der Waals surface area contributed by atoms with E-state index >= 15 is 0 Å². The molecule has 1 heterocycles. The summed E-state index contributed by atoms with van der Waals surface area (Å²) in [5.74, 6) is 0.963. The summed E-state index contributed by atoms with van der Waals surface area (Å²) >= 11 is 0. The van der Waals surface area contributed by atoms with Gasteiger partial charge >= 0.3 is 0 Å². The number of halogens is 1. The first-order valence-corrected chi connectivity index (χ1v) is 9.18. The quantitative estimate of drug-likeness (QED) is 0.672. The van der Waals surface area contributed by atoms with Crippen LogP contribution in [-0.4, -0.2) is 42.4 Å². The van der Waals surface area contributed by atoms with Crippen LogP contribution in [0.3, 0.4) is 0 Å².